The Kier molecular flexibility index (Phi) is 2.63. The second kappa shape index (κ2) is 3.67. The molecule has 0 amide bonds. The van der Waals surface area contributed by atoms with Crippen molar-refractivity contribution >= 4 is 5.96 Å². The van der Waals surface area contributed by atoms with Gasteiger partial charge in [0, 0.05) is 13.7 Å². The second-order valence-electron chi connectivity index (χ2n) is 5.17. The average molecular weight is 211 g/mol. The van der Waals surface area contributed by atoms with E-state index in [1.54, 1.807) is 7.11 Å². The molecule has 4 heteroatoms. The Morgan fingerprint density at radius 2 is 2.27 bits per heavy atom. The number of rotatable bonds is 3. The maximum Gasteiger partial charge on any atom is 0.191 e. The van der Waals surface area contributed by atoms with E-state index in [-0.39, 0.29) is 5.54 Å². The van der Waals surface area contributed by atoms with Crippen molar-refractivity contribution in [3.63, 3.8) is 0 Å². The zero-order valence-electron chi connectivity index (χ0n) is 9.86. The summed E-state index contributed by atoms with van der Waals surface area (Å²) in [5, 5.41) is 0. The van der Waals surface area contributed by atoms with Gasteiger partial charge in [0.1, 0.15) is 0 Å². The lowest BCUT2D eigenvalue weighted by Crippen LogP contribution is -2.62. The number of nitrogens with two attached hydrogens (primary N) is 1. The number of ether oxygens (including phenoxy) is 1. The highest BCUT2D eigenvalue weighted by Gasteiger charge is 2.52. The van der Waals surface area contributed by atoms with E-state index in [2.05, 4.69) is 23.7 Å². The van der Waals surface area contributed by atoms with Crippen molar-refractivity contribution in [3.05, 3.63) is 0 Å². The number of nitrogens with zero attached hydrogens (tertiary/aromatic N) is 2. The largest absolute Gasteiger partial charge is 0.381 e. The lowest BCUT2D eigenvalue weighted by molar-refractivity contribution is -0.0586. The van der Waals surface area contributed by atoms with Gasteiger partial charge in [-0.05, 0) is 18.8 Å². The standard InChI is InChI=1S/C11H21N3O/c1-8(2)6-14-10(12)13-7-11(14)4-9(5-11)15-3/h8-9H,4-7H2,1-3H3,(H2,12,13). The summed E-state index contributed by atoms with van der Waals surface area (Å²) < 4.78 is 5.34. The van der Waals surface area contributed by atoms with Crippen molar-refractivity contribution < 1.29 is 4.74 Å². The number of hydrogen-bond donors (Lipinski definition) is 1. The Bertz CT molecular complexity index is 269. The monoisotopic (exact) mass is 211 g/mol. The lowest BCUT2D eigenvalue weighted by atomic mass is 9.73. The molecule has 1 spiro atoms. The second-order valence-corrected chi connectivity index (χ2v) is 5.17. The molecule has 1 aliphatic heterocycles. The summed E-state index contributed by atoms with van der Waals surface area (Å²) in [5.41, 5.74) is 6.12. The molecule has 0 aromatic carbocycles. The molecule has 1 saturated carbocycles. The van der Waals surface area contributed by atoms with E-state index in [0.717, 1.165) is 31.9 Å². The first-order chi connectivity index (χ1) is 7.07. The molecule has 1 fully saturated rings. The van der Waals surface area contributed by atoms with Gasteiger partial charge in [-0.2, -0.15) is 0 Å². The van der Waals surface area contributed by atoms with E-state index in [4.69, 9.17) is 10.5 Å². The van der Waals surface area contributed by atoms with E-state index < -0.39 is 0 Å². The molecule has 0 aromatic rings. The minimum atomic E-state index is 0.190. The first-order valence-corrected chi connectivity index (χ1v) is 5.68. The van der Waals surface area contributed by atoms with Gasteiger partial charge >= 0.3 is 0 Å². The van der Waals surface area contributed by atoms with E-state index in [0.29, 0.717) is 12.0 Å². The molecule has 0 aromatic heterocycles. The first kappa shape index (κ1) is 10.7. The number of aliphatic imine (C=N–C) groups is 1. The normalized spacial score (nSPS) is 34.8. The predicted octanol–water partition coefficient (Wildman–Crippen LogP) is 0.820. The Morgan fingerprint density at radius 1 is 1.60 bits per heavy atom. The molecule has 0 unspecified atom stereocenters. The van der Waals surface area contributed by atoms with Crippen LogP contribution in [0.3, 0.4) is 0 Å². The molecule has 0 bridgehead atoms. The molecule has 1 aliphatic carbocycles. The SMILES string of the molecule is COC1CC2(CN=C(N)N2CC(C)C)C1. The Labute approximate surface area is 91.5 Å². The molecular weight excluding hydrogens is 190 g/mol. The maximum atomic E-state index is 5.93. The Hall–Kier alpha value is -0.770. The van der Waals surface area contributed by atoms with Crippen LogP contribution in [0, 0.1) is 5.92 Å². The van der Waals surface area contributed by atoms with Crippen molar-refractivity contribution in [2.24, 2.45) is 16.6 Å². The number of hydrogen-bond acceptors (Lipinski definition) is 4. The Balaban J connectivity index is 2.02. The number of methoxy groups -OCH3 is 1. The van der Waals surface area contributed by atoms with Crippen LogP contribution >= 0.6 is 0 Å². The average Bonchev–Trinajstić information content (AvgIpc) is 2.42. The van der Waals surface area contributed by atoms with E-state index in [1.165, 1.54) is 0 Å². The zero-order chi connectivity index (χ0) is 11.1. The summed E-state index contributed by atoms with van der Waals surface area (Å²) in [7, 11) is 1.78. The van der Waals surface area contributed by atoms with Crippen molar-refractivity contribution in [1.29, 1.82) is 0 Å². The fraction of sp³-hybridized carbons (Fsp3) is 0.909. The quantitative estimate of drug-likeness (QED) is 0.752. The van der Waals surface area contributed by atoms with E-state index in [1.807, 2.05) is 0 Å². The van der Waals surface area contributed by atoms with Gasteiger partial charge in [-0.1, -0.05) is 13.8 Å². The van der Waals surface area contributed by atoms with Gasteiger partial charge in [-0.15, -0.1) is 0 Å². The van der Waals surface area contributed by atoms with E-state index in [9.17, 15) is 0 Å². The van der Waals surface area contributed by atoms with Gasteiger partial charge in [0.2, 0.25) is 0 Å². The predicted molar refractivity (Wildman–Crippen MR) is 60.8 cm³/mol. The molecule has 2 rings (SSSR count). The molecule has 2 aliphatic rings. The van der Waals surface area contributed by atoms with Crippen molar-refractivity contribution in [2.75, 3.05) is 20.2 Å². The first-order valence-electron chi connectivity index (χ1n) is 5.68. The van der Waals surface area contributed by atoms with E-state index >= 15 is 0 Å². The summed E-state index contributed by atoms with van der Waals surface area (Å²) in [4.78, 5) is 6.66. The summed E-state index contributed by atoms with van der Waals surface area (Å²) in [6, 6.07) is 0. The molecule has 86 valence electrons. The van der Waals surface area contributed by atoms with Crippen LogP contribution in [-0.4, -0.2) is 42.7 Å². The molecular formula is C11H21N3O. The van der Waals surface area contributed by atoms with Crippen molar-refractivity contribution in [2.45, 2.75) is 38.3 Å². The molecule has 2 N–H and O–H groups in total. The van der Waals surface area contributed by atoms with Crippen LogP contribution in [0.4, 0.5) is 0 Å². The van der Waals surface area contributed by atoms with Crippen LogP contribution < -0.4 is 5.73 Å². The van der Waals surface area contributed by atoms with Crippen LogP contribution in [-0.2, 0) is 4.74 Å². The fourth-order valence-corrected chi connectivity index (χ4v) is 2.60. The summed E-state index contributed by atoms with van der Waals surface area (Å²) in [5.74, 6) is 1.34. The van der Waals surface area contributed by atoms with Crippen molar-refractivity contribution in [1.82, 2.24) is 4.90 Å². The Morgan fingerprint density at radius 3 is 2.80 bits per heavy atom. The van der Waals surface area contributed by atoms with Crippen molar-refractivity contribution in [3.8, 4) is 0 Å². The van der Waals surface area contributed by atoms with Crippen LogP contribution in [0.1, 0.15) is 26.7 Å². The third-order valence-corrected chi connectivity index (χ3v) is 3.48. The van der Waals surface area contributed by atoms with Gasteiger partial charge in [-0.3, -0.25) is 4.99 Å². The molecule has 15 heavy (non-hydrogen) atoms. The highest BCUT2D eigenvalue weighted by Crippen LogP contribution is 2.42. The molecule has 0 saturated heterocycles. The maximum absolute atomic E-state index is 5.93. The zero-order valence-corrected chi connectivity index (χ0v) is 9.86. The lowest BCUT2D eigenvalue weighted by Gasteiger charge is -2.50. The summed E-state index contributed by atoms with van der Waals surface area (Å²) in [6.45, 7) is 6.29. The minimum absolute atomic E-state index is 0.190. The van der Waals surface area contributed by atoms with Gasteiger partial charge in [0.15, 0.2) is 5.96 Å². The summed E-state index contributed by atoms with van der Waals surface area (Å²) >= 11 is 0. The van der Waals surface area contributed by atoms with Gasteiger partial charge in [0.25, 0.3) is 0 Å². The van der Waals surface area contributed by atoms with Crippen LogP contribution in [0.15, 0.2) is 4.99 Å². The molecule has 1 heterocycles. The molecule has 4 nitrogen and oxygen atoms in total. The third-order valence-electron chi connectivity index (χ3n) is 3.48. The minimum Gasteiger partial charge on any atom is -0.381 e. The van der Waals surface area contributed by atoms with Gasteiger partial charge in [0.05, 0.1) is 18.2 Å². The topological polar surface area (TPSA) is 50.9 Å². The molecule has 0 atom stereocenters. The highest BCUT2D eigenvalue weighted by atomic mass is 16.5. The number of guanidine groups is 1. The van der Waals surface area contributed by atoms with Crippen LogP contribution in [0.5, 0.6) is 0 Å². The smallest absolute Gasteiger partial charge is 0.191 e. The fourth-order valence-electron chi connectivity index (χ4n) is 2.60. The van der Waals surface area contributed by atoms with Gasteiger partial charge < -0.3 is 15.4 Å². The molecule has 0 radical (unpaired) electrons. The third kappa shape index (κ3) is 1.71. The van der Waals surface area contributed by atoms with Gasteiger partial charge in [-0.25, -0.2) is 0 Å². The summed E-state index contributed by atoms with van der Waals surface area (Å²) in [6.07, 6.45) is 2.54. The highest BCUT2D eigenvalue weighted by molar-refractivity contribution is 5.81. The van der Waals surface area contributed by atoms with Crippen LogP contribution in [0.25, 0.3) is 0 Å². The van der Waals surface area contributed by atoms with Crippen LogP contribution in [0.2, 0.25) is 0 Å².